The largest absolute Gasteiger partial charge is 0.389 e. The van der Waals surface area contributed by atoms with Crippen LogP contribution in [0.3, 0.4) is 0 Å². The summed E-state index contributed by atoms with van der Waals surface area (Å²) >= 11 is 4.90. The average Bonchev–Trinajstić information content (AvgIpc) is 2.76. The van der Waals surface area contributed by atoms with E-state index in [9.17, 15) is 4.79 Å². The van der Waals surface area contributed by atoms with Crippen LogP contribution in [0.15, 0.2) is 30.3 Å². The quantitative estimate of drug-likeness (QED) is 0.872. The lowest BCUT2D eigenvalue weighted by atomic mass is 10.2. The fraction of sp³-hybridized carbons (Fsp3) is 0.214. The Kier molecular flexibility index (Phi) is 3.85. The van der Waals surface area contributed by atoms with Crippen LogP contribution in [0.5, 0.6) is 0 Å². The Morgan fingerprint density at radius 3 is 2.40 bits per heavy atom. The molecule has 1 heterocycles. The average molecular weight is 288 g/mol. The molecule has 0 bridgehead atoms. The van der Waals surface area contributed by atoms with Gasteiger partial charge in [0, 0.05) is 25.3 Å². The highest BCUT2D eigenvalue weighted by molar-refractivity contribution is 7.80. The van der Waals surface area contributed by atoms with Gasteiger partial charge in [-0.3, -0.25) is 9.48 Å². The van der Waals surface area contributed by atoms with Gasteiger partial charge in [-0.15, -0.1) is 0 Å². The third kappa shape index (κ3) is 2.70. The molecule has 0 radical (unpaired) electrons. The van der Waals surface area contributed by atoms with Gasteiger partial charge in [-0.25, -0.2) is 0 Å². The van der Waals surface area contributed by atoms with Crippen molar-refractivity contribution in [3.8, 4) is 0 Å². The van der Waals surface area contributed by atoms with Crippen molar-refractivity contribution in [2.45, 2.75) is 6.92 Å². The fourth-order valence-electron chi connectivity index (χ4n) is 1.95. The molecule has 2 N–H and O–H groups in total. The monoisotopic (exact) mass is 288 g/mol. The Balaban J connectivity index is 2.26. The summed E-state index contributed by atoms with van der Waals surface area (Å²) in [6, 6.07) is 9.00. The second-order valence-corrected chi connectivity index (χ2v) is 5.01. The Hall–Kier alpha value is -2.21. The van der Waals surface area contributed by atoms with Crippen molar-refractivity contribution in [2.75, 3.05) is 11.9 Å². The second-order valence-electron chi connectivity index (χ2n) is 4.57. The van der Waals surface area contributed by atoms with E-state index in [1.807, 2.05) is 19.1 Å². The Morgan fingerprint density at radius 2 is 1.95 bits per heavy atom. The molecular formula is C14H16N4OS. The van der Waals surface area contributed by atoms with Crippen molar-refractivity contribution in [3.05, 3.63) is 47.3 Å². The van der Waals surface area contributed by atoms with E-state index in [0.717, 1.165) is 16.9 Å². The van der Waals surface area contributed by atoms with Crippen molar-refractivity contribution in [3.63, 3.8) is 0 Å². The van der Waals surface area contributed by atoms with Crippen LogP contribution in [-0.4, -0.2) is 27.7 Å². The summed E-state index contributed by atoms with van der Waals surface area (Å²) in [7, 11) is 3.48. The van der Waals surface area contributed by atoms with E-state index in [0.29, 0.717) is 10.7 Å². The summed E-state index contributed by atoms with van der Waals surface area (Å²) in [6.07, 6.45) is 0. The van der Waals surface area contributed by atoms with E-state index in [-0.39, 0.29) is 5.91 Å². The predicted octanol–water partition coefficient (Wildman–Crippen LogP) is 1.64. The minimum Gasteiger partial charge on any atom is -0.389 e. The van der Waals surface area contributed by atoms with Crippen LogP contribution in [-0.2, 0) is 7.05 Å². The van der Waals surface area contributed by atoms with E-state index < -0.39 is 0 Å². The molecule has 1 amide bonds. The first-order valence-electron chi connectivity index (χ1n) is 6.08. The maximum absolute atomic E-state index is 12.4. The number of amides is 1. The molecule has 20 heavy (non-hydrogen) atoms. The third-order valence-electron chi connectivity index (χ3n) is 3.06. The van der Waals surface area contributed by atoms with Crippen molar-refractivity contribution >= 4 is 28.8 Å². The van der Waals surface area contributed by atoms with Gasteiger partial charge in [0.25, 0.3) is 5.91 Å². The first kappa shape index (κ1) is 14.2. The Labute approximate surface area is 123 Å². The molecule has 0 aliphatic heterocycles. The molecule has 0 saturated carbocycles. The van der Waals surface area contributed by atoms with Gasteiger partial charge in [-0.2, -0.15) is 5.10 Å². The molecule has 0 atom stereocenters. The zero-order valence-electron chi connectivity index (χ0n) is 11.6. The van der Waals surface area contributed by atoms with Gasteiger partial charge in [0.05, 0.1) is 5.69 Å². The molecule has 5 nitrogen and oxygen atoms in total. The highest BCUT2D eigenvalue weighted by Crippen LogP contribution is 2.17. The molecule has 0 fully saturated rings. The van der Waals surface area contributed by atoms with Crippen LogP contribution >= 0.6 is 12.2 Å². The number of rotatable bonds is 3. The summed E-state index contributed by atoms with van der Waals surface area (Å²) in [5.74, 6) is -0.115. The predicted molar refractivity (Wildman–Crippen MR) is 83.0 cm³/mol. The number of anilines is 1. The second kappa shape index (κ2) is 5.42. The SMILES string of the molecule is Cc1cc(C(=O)N(C)c2ccc(C(N)=S)cc2)n(C)n1. The number of carbonyl (C=O) groups excluding carboxylic acids is 1. The molecule has 1 aromatic heterocycles. The van der Waals surface area contributed by atoms with Crippen LogP contribution in [0.2, 0.25) is 0 Å². The molecule has 0 spiro atoms. The minimum absolute atomic E-state index is 0.115. The highest BCUT2D eigenvalue weighted by atomic mass is 32.1. The van der Waals surface area contributed by atoms with Gasteiger partial charge in [-0.05, 0) is 37.3 Å². The molecule has 2 aromatic rings. The summed E-state index contributed by atoms with van der Waals surface area (Å²) in [5, 5.41) is 4.18. The lowest BCUT2D eigenvalue weighted by Gasteiger charge is -2.17. The fourth-order valence-corrected chi connectivity index (χ4v) is 2.09. The summed E-state index contributed by atoms with van der Waals surface area (Å²) < 4.78 is 1.58. The van der Waals surface area contributed by atoms with E-state index in [1.54, 1.807) is 41.9 Å². The van der Waals surface area contributed by atoms with E-state index >= 15 is 0 Å². The van der Waals surface area contributed by atoms with Crippen molar-refractivity contribution in [2.24, 2.45) is 12.8 Å². The normalized spacial score (nSPS) is 10.3. The number of hydrogen-bond donors (Lipinski definition) is 1. The van der Waals surface area contributed by atoms with E-state index in [2.05, 4.69) is 5.10 Å². The van der Waals surface area contributed by atoms with Crippen molar-refractivity contribution in [1.82, 2.24) is 9.78 Å². The molecule has 1 aromatic carbocycles. The number of thiocarbonyl (C=S) groups is 1. The van der Waals surface area contributed by atoms with Gasteiger partial charge < -0.3 is 10.6 Å². The molecule has 0 aliphatic rings. The summed E-state index contributed by atoms with van der Waals surface area (Å²) in [5.41, 5.74) is 8.46. The number of hydrogen-bond acceptors (Lipinski definition) is 3. The van der Waals surface area contributed by atoms with Gasteiger partial charge in [0.1, 0.15) is 10.7 Å². The number of aromatic nitrogens is 2. The van der Waals surface area contributed by atoms with Gasteiger partial charge in [0.2, 0.25) is 0 Å². The van der Waals surface area contributed by atoms with Gasteiger partial charge in [0.15, 0.2) is 0 Å². The van der Waals surface area contributed by atoms with Gasteiger partial charge in [-0.1, -0.05) is 12.2 Å². The lowest BCUT2D eigenvalue weighted by Crippen LogP contribution is -2.28. The summed E-state index contributed by atoms with van der Waals surface area (Å²) in [6.45, 7) is 1.85. The molecule has 0 saturated heterocycles. The molecule has 0 unspecified atom stereocenters. The highest BCUT2D eigenvalue weighted by Gasteiger charge is 2.17. The first-order valence-corrected chi connectivity index (χ1v) is 6.49. The minimum atomic E-state index is -0.115. The smallest absolute Gasteiger partial charge is 0.276 e. The lowest BCUT2D eigenvalue weighted by molar-refractivity contribution is 0.0984. The third-order valence-corrected chi connectivity index (χ3v) is 3.30. The van der Waals surface area contributed by atoms with E-state index in [1.165, 1.54) is 0 Å². The Bertz CT molecular complexity index is 660. The zero-order valence-corrected chi connectivity index (χ0v) is 12.4. The van der Waals surface area contributed by atoms with Gasteiger partial charge >= 0.3 is 0 Å². The maximum Gasteiger partial charge on any atom is 0.276 e. The number of nitrogens with two attached hydrogens (primary N) is 1. The van der Waals surface area contributed by atoms with Crippen LogP contribution in [0, 0.1) is 6.92 Å². The van der Waals surface area contributed by atoms with Crippen LogP contribution in [0.4, 0.5) is 5.69 Å². The Morgan fingerprint density at radius 1 is 1.35 bits per heavy atom. The molecule has 2 rings (SSSR count). The number of benzene rings is 1. The topological polar surface area (TPSA) is 64.2 Å². The van der Waals surface area contributed by atoms with Crippen LogP contribution in [0.1, 0.15) is 21.7 Å². The van der Waals surface area contributed by atoms with Crippen molar-refractivity contribution < 1.29 is 4.79 Å². The number of aryl methyl sites for hydroxylation is 2. The molecular weight excluding hydrogens is 272 g/mol. The standard InChI is InChI=1S/C14H16N4OS/c1-9-8-12(18(3)16-9)14(19)17(2)11-6-4-10(5-7-11)13(15)20/h4-8H,1-3H3,(H2,15,20). The first-order chi connectivity index (χ1) is 9.40. The zero-order chi connectivity index (χ0) is 14.9. The van der Waals surface area contributed by atoms with Crippen molar-refractivity contribution in [1.29, 1.82) is 0 Å². The molecule has 104 valence electrons. The summed E-state index contributed by atoms with van der Waals surface area (Å²) in [4.78, 5) is 14.3. The van der Waals surface area contributed by atoms with Crippen LogP contribution < -0.4 is 10.6 Å². The van der Waals surface area contributed by atoms with E-state index in [4.69, 9.17) is 18.0 Å². The van der Waals surface area contributed by atoms with Crippen LogP contribution in [0.25, 0.3) is 0 Å². The molecule has 0 aliphatic carbocycles. The maximum atomic E-state index is 12.4. The number of carbonyl (C=O) groups is 1. The number of nitrogens with zero attached hydrogens (tertiary/aromatic N) is 3. The molecule has 6 heteroatoms.